The molecule has 7 heteroatoms. The van der Waals surface area contributed by atoms with Crippen molar-refractivity contribution >= 4 is 23.7 Å². The van der Waals surface area contributed by atoms with Crippen molar-refractivity contribution in [3.8, 4) is 0 Å². The molecule has 1 heterocycles. The van der Waals surface area contributed by atoms with Crippen molar-refractivity contribution in [3.63, 3.8) is 0 Å². The summed E-state index contributed by atoms with van der Waals surface area (Å²) in [6, 6.07) is 6.04. The van der Waals surface area contributed by atoms with Crippen LogP contribution >= 0.6 is 0 Å². The third-order valence-electron chi connectivity index (χ3n) is 3.89. The molecule has 0 unspecified atom stereocenters. The van der Waals surface area contributed by atoms with Gasteiger partial charge in [-0.2, -0.15) is 0 Å². The molecule has 2 rings (SSSR count). The van der Waals surface area contributed by atoms with Gasteiger partial charge in [-0.05, 0) is 45.4 Å². The minimum absolute atomic E-state index is 0.116. The normalized spacial score (nSPS) is 17.3. The van der Waals surface area contributed by atoms with Gasteiger partial charge in [0.05, 0.1) is 11.6 Å². The third-order valence-corrected chi connectivity index (χ3v) is 3.89. The molecule has 136 valence electrons. The van der Waals surface area contributed by atoms with E-state index < -0.39 is 17.7 Å². The van der Waals surface area contributed by atoms with Crippen LogP contribution in [0.5, 0.6) is 0 Å². The Balaban J connectivity index is 2.17. The van der Waals surface area contributed by atoms with E-state index in [1.54, 1.807) is 42.7 Å². The number of carboxylic acids is 1. The Bertz CT molecular complexity index is 680. The van der Waals surface area contributed by atoms with Gasteiger partial charge in [0.25, 0.3) is 0 Å². The number of hydrogen-bond acceptors (Lipinski definition) is 4. The fourth-order valence-corrected chi connectivity index (χ4v) is 2.88. The van der Waals surface area contributed by atoms with Crippen LogP contribution in [0.1, 0.15) is 44.5 Å². The Labute approximate surface area is 147 Å². The van der Waals surface area contributed by atoms with Gasteiger partial charge in [0.2, 0.25) is 5.91 Å². The zero-order valence-electron chi connectivity index (χ0n) is 15.0. The minimum atomic E-state index is -1.05. The molecule has 1 aromatic rings. The molecule has 0 saturated carbocycles. The van der Waals surface area contributed by atoms with Crippen LogP contribution in [0.2, 0.25) is 0 Å². The van der Waals surface area contributed by atoms with E-state index >= 15 is 0 Å². The first-order valence-corrected chi connectivity index (χ1v) is 8.19. The standard InChI is InChI=1S/C18H24N2O5/c1-12(21)20(14-7-5-6-13(10-14)16(22)23)15-8-9-19(11-15)17(24)25-18(2,3)4/h5-7,10,15H,8-9,11H2,1-4H3,(H,22,23)/t15-/m1/s1. The van der Waals surface area contributed by atoms with E-state index in [0.717, 1.165) is 0 Å². The fraction of sp³-hybridized carbons (Fsp3) is 0.500. The number of hydrogen-bond donors (Lipinski definition) is 1. The molecule has 1 saturated heterocycles. The number of ether oxygens (including phenoxy) is 1. The van der Waals surface area contributed by atoms with Crippen LogP contribution in [0.25, 0.3) is 0 Å². The van der Waals surface area contributed by atoms with E-state index in [-0.39, 0.29) is 17.5 Å². The average molecular weight is 348 g/mol. The molecule has 0 aliphatic carbocycles. The lowest BCUT2D eigenvalue weighted by Gasteiger charge is -2.29. The molecule has 1 fully saturated rings. The Morgan fingerprint density at radius 3 is 2.52 bits per heavy atom. The second-order valence-electron chi connectivity index (χ2n) is 7.11. The third kappa shape index (κ3) is 4.71. The topological polar surface area (TPSA) is 87.2 Å². The van der Waals surface area contributed by atoms with E-state index in [9.17, 15) is 14.4 Å². The summed E-state index contributed by atoms with van der Waals surface area (Å²) < 4.78 is 5.37. The van der Waals surface area contributed by atoms with Crippen LogP contribution < -0.4 is 4.90 Å². The molecule has 1 aliphatic rings. The summed E-state index contributed by atoms with van der Waals surface area (Å²) in [6.07, 6.45) is 0.202. The second kappa shape index (κ2) is 7.13. The zero-order valence-corrected chi connectivity index (χ0v) is 15.0. The number of carbonyl (C=O) groups is 3. The number of rotatable bonds is 3. The maximum atomic E-state index is 12.2. The maximum absolute atomic E-state index is 12.2. The van der Waals surface area contributed by atoms with Crippen molar-refractivity contribution in [1.82, 2.24) is 4.90 Å². The number of aromatic carboxylic acids is 1. The summed E-state index contributed by atoms with van der Waals surface area (Å²) in [5.41, 5.74) is 0.0554. The van der Waals surface area contributed by atoms with Crippen LogP contribution in [-0.4, -0.2) is 52.7 Å². The minimum Gasteiger partial charge on any atom is -0.478 e. The van der Waals surface area contributed by atoms with E-state index in [1.807, 2.05) is 0 Å². The summed E-state index contributed by atoms with van der Waals surface area (Å²) >= 11 is 0. The van der Waals surface area contributed by atoms with Crippen LogP contribution in [0.15, 0.2) is 24.3 Å². The fourth-order valence-electron chi connectivity index (χ4n) is 2.88. The molecule has 0 aromatic heterocycles. The predicted octanol–water partition coefficient (Wildman–Crippen LogP) is 2.75. The van der Waals surface area contributed by atoms with Crippen molar-refractivity contribution < 1.29 is 24.2 Å². The van der Waals surface area contributed by atoms with Gasteiger partial charge in [-0.3, -0.25) is 4.79 Å². The van der Waals surface area contributed by atoms with Gasteiger partial charge in [0, 0.05) is 25.7 Å². The van der Waals surface area contributed by atoms with Crippen LogP contribution in [-0.2, 0) is 9.53 Å². The SMILES string of the molecule is CC(=O)N(c1cccc(C(=O)O)c1)[C@@H]1CCN(C(=O)OC(C)(C)C)C1. The van der Waals surface area contributed by atoms with Gasteiger partial charge in [-0.15, -0.1) is 0 Å². The van der Waals surface area contributed by atoms with Crippen molar-refractivity contribution in [2.24, 2.45) is 0 Å². The molecule has 1 N–H and O–H groups in total. The first-order chi connectivity index (χ1) is 11.6. The molecule has 2 amide bonds. The first-order valence-electron chi connectivity index (χ1n) is 8.19. The van der Waals surface area contributed by atoms with Gasteiger partial charge in [0.15, 0.2) is 0 Å². The van der Waals surface area contributed by atoms with Gasteiger partial charge in [-0.1, -0.05) is 6.07 Å². The molecule has 1 aromatic carbocycles. The summed E-state index contributed by atoms with van der Waals surface area (Å²) in [7, 11) is 0. The Morgan fingerprint density at radius 2 is 1.96 bits per heavy atom. The molecule has 1 aliphatic heterocycles. The van der Waals surface area contributed by atoms with Crippen molar-refractivity contribution in [1.29, 1.82) is 0 Å². The number of benzene rings is 1. The summed E-state index contributed by atoms with van der Waals surface area (Å²) in [5, 5.41) is 9.15. The molecule has 0 bridgehead atoms. The van der Waals surface area contributed by atoms with Crippen molar-refractivity contribution in [2.75, 3.05) is 18.0 Å². The maximum Gasteiger partial charge on any atom is 0.410 e. The summed E-state index contributed by atoms with van der Waals surface area (Å²) in [6.45, 7) is 7.69. The van der Waals surface area contributed by atoms with E-state index in [2.05, 4.69) is 0 Å². The number of nitrogens with zero attached hydrogens (tertiary/aromatic N) is 2. The monoisotopic (exact) mass is 348 g/mol. The highest BCUT2D eigenvalue weighted by molar-refractivity contribution is 5.95. The van der Waals surface area contributed by atoms with Gasteiger partial charge in [0.1, 0.15) is 5.60 Å². The second-order valence-corrected chi connectivity index (χ2v) is 7.11. The number of carbonyl (C=O) groups excluding carboxylic acids is 2. The Hall–Kier alpha value is -2.57. The van der Waals surface area contributed by atoms with Crippen LogP contribution in [0, 0.1) is 0 Å². The number of anilines is 1. The molecule has 25 heavy (non-hydrogen) atoms. The smallest absolute Gasteiger partial charge is 0.410 e. The summed E-state index contributed by atoms with van der Waals surface area (Å²) in [4.78, 5) is 38.7. The first kappa shape index (κ1) is 18.8. The lowest BCUT2D eigenvalue weighted by atomic mass is 10.1. The van der Waals surface area contributed by atoms with Gasteiger partial charge in [-0.25, -0.2) is 9.59 Å². The molecule has 0 radical (unpaired) electrons. The lowest BCUT2D eigenvalue weighted by molar-refractivity contribution is -0.117. The van der Waals surface area contributed by atoms with Crippen molar-refractivity contribution in [3.05, 3.63) is 29.8 Å². The van der Waals surface area contributed by atoms with E-state index in [0.29, 0.717) is 25.2 Å². The average Bonchev–Trinajstić information content (AvgIpc) is 2.95. The van der Waals surface area contributed by atoms with Gasteiger partial charge >= 0.3 is 12.1 Å². The lowest BCUT2D eigenvalue weighted by Crippen LogP contribution is -2.42. The van der Waals surface area contributed by atoms with Crippen molar-refractivity contribution in [2.45, 2.75) is 45.8 Å². The predicted molar refractivity (Wildman–Crippen MR) is 92.8 cm³/mol. The van der Waals surface area contributed by atoms with Crippen LogP contribution in [0.4, 0.5) is 10.5 Å². The van der Waals surface area contributed by atoms with E-state index in [4.69, 9.17) is 9.84 Å². The molecular formula is C18H24N2O5. The zero-order chi connectivity index (χ0) is 18.8. The van der Waals surface area contributed by atoms with Crippen LogP contribution in [0.3, 0.4) is 0 Å². The largest absolute Gasteiger partial charge is 0.478 e. The quantitative estimate of drug-likeness (QED) is 0.907. The number of carboxylic acid groups (broad SMARTS) is 1. The molecule has 7 nitrogen and oxygen atoms in total. The van der Waals surface area contributed by atoms with Gasteiger partial charge < -0.3 is 19.6 Å². The highest BCUT2D eigenvalue weighted by atomic mass is 16.6. The molecular weight excluding hydrogens is 324 g/mol. The van der Waals surface area contributed by atoms with E-state index in [1.165, 1.54) is 19.1 Å². The Morgan fingerprint density at radius 1 is 1.28 bits per heavy atom. The highest BCUT2D eigenvalue weighted by Gasteiger charge is 2.34. The molecule has 1 atom stereocenters. The molecule has 0 spiro atoms. The summed E-state index contributed by atoms with van der Waals surface area (Å²) in [5.74, 6) is -1.24. The number of amides is 2. The highest BCUT2D eigenvalue weighted by Crippen LogP contribution is 2.25. The number of likely N-dealkylation sites (tertiary alicyclic amines) is 1. The Kier molecular flexibility index (Phi) is 5.35.